The Labute approximate surface area is 94.3 Å². The molecule has 16 heavy (non-hydrogen) atoms. The summed E-state index contributed by atoms with van der Waals surface area (Å²) >= 11 is 0. The second kappa shape index (κ2) is 8.78. The van der Waals surface area contributed by atoms with Gasteiger partial charge < -0.3 is 14.8 Å². The molecule has 0 radical (unpaired) electrons. The fraction of sp³-hybridized carbons (Fsp3) is 1.00. The van der Waals surface area contributed by atoms with Gasteiger partial charge in [0.05, 0.1) is 19.3 Å². The SMILES string of the molecule is CCNC(COC)COCCCC(F)(F)F. The molecule has 3 nitrogen and oxygen atoms in total. The van der Waals surface area contributed by atoms with E-state index in [1.807, 2.05) is 6.92 Å². The smallest absolute Gasteiger partial charge is 0.383 e. The molecule has 98 valence electrons. The number of rotatable bonds is 9. The van der Waals surface area contributed by atoms with Gasteiger partial charge >= 0.3 is 6.18 Å². The summed E-state index contributed by atoms with van der Waals surface area (Å²) in [4.78, 5) is 0. The van der Waals surface area contributed by atoms with Gasteiger partial charge in [0.1, 0.15) is 0 Å². The largest absolute Gasteiger partial charge is 0.389 e. The van der Waals surface area contributed by atoms with E-state index in [1.54, 1.807) is 7.11 Å². The van der Waals surface area contributed by atoms with Crippen LogP contribution < -0.4 is 5.32 Å². The molecule has 0 bridgehead atoms. The Hall–Kier alpha value is -0.330. The molecule has 0 aromatic heterocycles. The van der Waals surface area contributed by atoms with Crippen LogP contribution in [0, 0.1) is 0 Å². The molecule has 0 saturated heterocycles. The molecule has 0 rings (SSSR count). The van der Waals surface area contributed by atoms with Gasteiger partial charge in [0, 0.05) is 20.1 Å². The molecule has 0 aromatic carbocycles. The summed E-state index contributed by atoms with van der Waals surface area (Å²) in [5.74, 6) is 0. The van der Waals surface area contributed by atoms with E-state index in [0.717, 1.165) is 6.54 Å². The van der Waals surface area contributed by atoms with E-state index >= 15 is 0 Å². The van der Waals surface area contributed by atoms with E-state index in [0.29, 0.717) is 13.2 Å². The van der Waals surface area contributed by atoms with Crippen LogP contribution in [0.4, 0.5) is 13.2 Å². The van der Waals surface area contributed by atoms with Crippen molar-refractivity contribution in [2.75, 3.05) is 33.5 Å². The van der Waals surface area contributed by atoms with Crippen molar-refractivity contribution in [3.05, 3.63) is 0 Å². The quantitative estimate of drug-likeness (QED) is 0.628. The maximum Gasteiger partial charge on any atom is 0.389 e. The maximum atomic E-state index is 11.8. The lowest BCUT2D eigenvalue weighted by Gasteiger charge is -2.17. The van der Waals surface area contributed by atoms with Crippen molar-refractivity contribution in [3.8, 4) is 0 Å². The fourth-order valence-electron chi connectivity index (χ4n) is 1.26. The van der Waals surface area contributed by atoms with E-state index in [-0.39, 0.29) is 19.1 Å². The van der Waals surface area contributed by atoms with Crippen molar-refractivity contribution < 1.29 is 22.6 Å². The number of hydrogen-bond donors (Lipinski definition) is 1. The summed E-state index contributed by atoms with van der Waals surface area (Å²) in [5, 5.41) is 3.12. The molecule has 0 aliphatic carbocycles. The lowest BCUT2D eigenvalue weighted by atomic mass is 10.3. The first-order valence-corrected chi connectivity index (χ1v) is 5.36. The van der Waals surface area contributed by atoms with Crippen LogP contribution in [0.3, 0.4) is 0 Å². The van der Waals surface area contributed by atoms with Crippen LogP contribution in [-0.2, 0) is 9.47 Å². The van der Waals surface area contributed by atoms with Crippen molar-refractivity contribution in [1.82, 2.24) is 5.32 Å². The minimum atomic E-state index is -4.09. The highest BCUT2D eigenvalue weighted by Gasteiger charge is 2.25. The van der Waals surface area contributed by atoms with Crippen LogP contribution >= 0.6 is 0 Å². The third-order valence-electron chi connectivity index (χ3n) is 1.93. The van der Waals surface area contributed by atoms with E-state index in [9.17, 15) is 13.2 Å². The lowest BCUT2D eigenvalue weighted by Crippen LogP contribution is -2.37. The second-order valence-electron chi connectivity index (χ2n) is 3.50. The Balaban J connectivity index is 3.46. The number of hydrogen-bond acceptors (Lipinski definition) is 3. The maximum absolute atomic E-state index is 11.8. The summed E-state index contributed by atoms with van der Waals surface area (Å²) in [6.45, 7) is 3.73. The minimum Gasteiger partial charge on any atom is -0.383 e. The molecule has 0 aliphatic rings. The molecule has 0 amide bonds. The molecule has 6 heteroatoms. The summed E-state index contributed by atoms with van der Waals surface area (Å²) in [6, 6.07) is 0.0425. The summed E-state index contributed by atoms with van der Waals surface area (Å²) in [5.41, 5.74) is 0. The molecule has 1 atom stereocenters. The fourth-order valence-corrected chi connectivity index (χ4v) is 1.26. The molecular weight excluding hydrogens is 223 g/mol. The first kappa shape index (κ1) is 15.7. The topological polar surface area (TPSA) is 30.5 Å². The van der Waals surface area contributed by atoms with E-state index in [2.05, 4.69) is 5.32 Å². The second-order valence-corrected chi connectivity index (χ2v) is 3.50. The predicted octanol–water partition coefficient (Wildman–Crippen LogP) is 1.97. The van der Waals surface area contributed by atoms with Gasteiger partial charge in [-0.25, -0.2) is 0 Å². The van der Waals surface area contributed by atoms with Gasteiger partial charge in [0.2, 0.25) is 0 Å². The zero-order valence-electron chi connectivity index (χ0n) is 9.77. The number of nitrogens with one attached hydrogen (secondary N) is 1. The van der Waals surface area contributed by atoms with Crippen molar-refractivity contribution in [2.45, 2.75) is 32.0 Å². The van der Waals surface area contributed by atoms with Crippen LogP contribution in [0.1, 0.15) is 19.8 Å². The first-order valence-electron chi connectivity index (χ1n) is 5.36. The molecule has 1 unspecified atom stereocenters. The Morgan fingerprint density at radius 3 is 2.44 bits per heavy atom. The van der Waals surface area contributed by atoms with E-state index in [1.165, 1.54) is 0 Å². The standard InChI is InChI=1S/C10H20F3NO2/c1-3-14-9(7-15-2)8-16-6-4-5-10(11,12)13/h9,14H,3-8H2,1-2H3. The molecule has 0 fully saturated rings. The number of alkyl halides is 3. The Morgan fingerprint density at radius 2 is 1.94 bits per heavy atom. The average molecular weight is 243 g/mol. The highest BCUT2D eigenvalue weighted by molar-refractivity contribution is 4.63. The van der Waals surface area contributed by atoms with E-state index < -0.39 is 12.6 Å². The highest BCUT2D eigenvalue weighted by atomic mass is 19.4. The molecule has 0 aliphatic heterocycles. The molecule has 0 spiro atoms. The third-order valence-corrected chi connectivity index (χ3v) is 1.93. The first-order chi connectivity index (χ1) is 7.49. The van der Waals surface area contributed by atoms with Crippen LogP contribution in [-0.4, -0.2) is 45.7 Å². The summed E-state index contributed by atoms with van der Waals surface area (Å²) in [7, 11) is 1.58. The van der Waals surface area contributed by atoms with Crippen molar-refractivity contribution in [2.24, 2.45) is 0 Å². The van der Waals surface area contributed by atoms with Crippen molar-refractivity contribution in [3.63, 3.8) is 0 Å². The Morgan fingerprint density at radius 1 is 1.25 bits per heavy atom. The van der Waals surface area contributed by atoms with Crippen LogP contribution in [0.25, 0.3) is 0 Å². The van der Waals surface area contributed by atoms with Crippen LogP contribution in [0.15, 0.2) is 0 Å². The van der Waals surface area contributed by atoms with Gasteiger partial charge in [0.25, 0.3) is 0 Å². The number of likely N-dealkylation sites (N-methyl/N-ethyl adjacent to an activating group) is 1. The average Bonchev–Trinajstić information content (AvgIpc) is 2.16. The number of halogens is 3. The molecular formula is C10H20F3NO2. The van der Waals surface area contributed by atoms with Crippen LogP contribution in [0.2, 0.25) is 0 Å². The predicted molar refractivity (Wildman–Crippen MR) is 55.4 cm³/mol. The number of ether oxygens (including phenoxy) is 2. The third kappa shape index (κ3) is 10.2. The molecule has 1 N–H and O–H groups in total. The van der Waals surface area contributed by atoms with Gasteiger partial charge in [-0.2, -0.15) is 13.2 Å². The van der Waals surface area contributed by atoms with Crippen molar-refractivity contribution in [1.29, 1.82) is 0 Å². The van der Waals surface area contributed by atoms with Crippen molar-refractivity contribution >= 4 is 0 Å². The van der Waals surface area contributed by atoms with Gasteiger partial charge in [0.15, 0.2) is 0 Å². The lowest BCUT2D eigenvalue weighted by molar-refractivity contribution is -0.138. The Bertz CT molecular complexity index is 159. The zero-order chi connectivity index (χ0) is 12.4. The van der Waals surface area contributed by atoms with Gasteiger partial charge in [-0.15, -0.1) is 0 Å². The number of methoxy groups -OCH3 is 1. The minimum absolute atomic E-state index is 0.00925. The molecule has 0 heterocycles. The normalized spacial score (nSPS) is 14.1. The zero-order valence-corrected chi connectivity index (χ0v) is 9.77. The van der Waals surface area contributed by atoms with Crippen LogP contribution in [0.5, 0.6) is 0 Å². The Kier molecular flexibility index (Phi) is 8.60. The monoisotopic (exact) mass is 243 g/mol. The van der Waals surface area contributed by atoms with E-state index in [4.69, 9.17) is 9.47 Å². The molecule has 0 saturated carbocycles. The van der Waals surface area contributed by atoms with Gasteiger partial charge in [-0.05, 0) is 13.0 Å². The summed E-state index contributed by atoms with van der Waals surface area (Å²) < 4.78 is 45.5. The molecule has 0 aromatic rings. The summed E-state index contributed by atoms with van der Waals surface area (Å²) in [6.07, 6.45) is -4.87. The highest BCUT2D eigenvalue weighted by Crippen LogP contribution is 2.20. The van der Waals surface area contributed by atoms with Gasteiger partial charge in [-0.3, -0.25) is 0 Å². The van der Waals surface area contributed by atoms with Gasteiger partial charge in [-0.1, -0.05) is 6.92 Å².